The molecule has 0 amide bonds. The average molecular weight is 276 g/mol. The lowest BCUT2D eigenvalue weighted by Gasteiger charge is -2.06. The largest absolute Gasteiger partial charge is 0.218 e. The maximum Gasteiger partial charge on any atom is 0.132 e. The van der Waals surface area contributed by atoms with Crippen molar-refractivity contribution in [1.82, 2.24) is 15.0 Å². The number of hydrogen-bond acceptors (Lipinski definition) is 3. The highest BCUT2D eigenvalue weighted by Crippen LogP contribution is 2.08. The van der Waals surface area contributed by atoms with E-state index >= 15 is 0 Å². The van der Waals surface area contributed by atoms with Gasteiger partial charge in [-0.25, -0.2) is 15.0 Å². The zero-order valence-corrected chi connectivity index (χ0v) is 13.3. The minimum absolute atomic E-state index is 0.659. The predicted molar refractivity (Wildman–Crippen MR) is 84.6 cm³/mol. The van der Waals surface area contributed by atoms with Gasteiger partial charge >= 0.3 is 0 Å². The topological polar surface area (TPSA) is 38.7 Å². The van der Waals surface area contributed by atoms with Crippen molar-refractivity contribution in [3.8, 4) is 0 Å². The number of aromatic nitrogens is 3. The van der Waals surface area contributed by atoms with Crippen molar-refractivity contribution in [3.05, 3.63) is 24.4 Å². The first kappa shape index (κ1) is 17.1. The van der Waals surface area contributed by atoms with E-state index < -0.39 is 0 Å². The van der Waals surface area contributed by atoms with Gasteiger partial charge in [0.15, 0.2) is 0 Å². The van der Waals surface area contributed by atoms with Gasteiger partial charge in [-0.2, -0.15) is 0 Å². The Morgan fingerprint density at radius 2 is 1.10 bits per heavy atom. The Morgan fingerprint density at radius 1 is 0.650 bits per heavy atom. The van der Waals surface area contributed by atoms with Crippen LogP contribution in [0.5, 0.6) is 0 Å². The molecule has 0 saturated heterocycles. The zero-order valence-electron chi connectivity index (χ0n) is 13.3. The third kappa shape index (κ3) is 6.97. The van der Waals surface area contributed by atoms with Crippen molar-refractivity contribution >= 4 is 0 Å². The van der Waals surface area contributed by atoms with Crippen LogP contribution in [0.1, 0.15) is 82.7 Å². The smallest absolute Gasteiger partial charge is 0.132 e. The molecule has 1 aromatic heterocycles. The van der Waals surface area contributed by atoms with Crippen molar-refractivity contribution in [2.45, 2.75) is 84.5 Å². The lowest BCUT2D eigenvalue weighted by molar-refractivity contribution is 0.623. The van der Waals surface area contributed by atoms with Crippen molar-refractivity contribution in [2.75, 3.05) is 0 Å². The molecule has 0 aromatic carbocycles. The van der Waals surface area contributed by atoms with Crippen molar-refractivity contribution in [2.24, 2.45) is 0 Å². The molecule has 3 heteroatoms. The van der Waals surface area contributed by atoms with E-state index in [0.717, 1.165) is 30.3 Å². The van der Waals surface area contributed by atoms with Crippen LogP contribution in [0.4, 0.5) is 0 Å². The Bertz CT molecular complexity index is 333. The van der Waals surface area contributed by atoms with E-state index in [-0.39, 0.29) is 0 Å². The van der Waals surface area contributed by atoms with Gasteiger partial charge in [-0.1, -0.05) is 52.4 Å². The van der Waals surface area contributed by atoms with Crippen LogP contribution < -0.4 is 0 Å². The van der Waals surface area contributed by atoms with Gasteiger partial charge in [0.05, 0.1) is 0 Å². The Morgan fingerprint density at radius 3 is 1.50 bits per heavy atom. The summed E-state index contributed by atoms with van der Waals surface area (Å²) in [7, 11) is 0. The molecular formula is C17H30N3. The highest BCUT2D eigenvalue weighted by molar-refractivity contribution is 4.99. The number of nitrogens with zero attached hydrogens (tertiary/aromatic N) is 3. The first-order valence-electron chi connectivity index (χ1n) is 8.32. The third-order valence-corrected chi connectivity index (χ3v) is 3.51. The summed E-state index contributed by atoms with van der Waals surface area (Å²) in [6.07, 6.45) is 12.7. The average Bonchev–Trinajstić information content (AvgIpc) is 2.48. The molecule has 0 aliphatic carbocycles. The Hall–Kier alpha value is -0.990. The van der Waals surface area contributed by atoms with Gasteiger partial charge in [0.1, 0.15) is 17.5 Å². The molecule has 0 bridgehead atoms. The normalized spacial score (nSPS) is 10.9. The molecule has 113 valence electrons. The van der Waals surface area contributed by atoms with Gasteiger partial charge in [0.2, 0.25) is 0 Å². The molecule has 0 fully saturated rings. The number of hydrogen-bond donors (Lipinski definition) is 0. The number of rotatable bonds is 11. The predicted octanol–water partition coefficient (Wildman–Crippen LogP) is 4.49. The molecule has 0 saturated carbocycles. The minimum Gasteiger partial charge on any atom is -0.218 e. The van der Waals surface area contributed by atoms with E-state index in [1.165, 1.54) is 51.4 Å². The molecule has 1 aromatic rings. The molecule has 1 radical (unpaired) electrons. The fourth-order valence-electron chi connectivity index (χ4n) is 2.28. The lowest BCUT2D eigenvalue weighted by Crippen LogP contribution is -2.07. The van der Waals surface area contributed by atoms with Crippen molar-refractivity contribution < 1.29 is 0 Å². The lowest BCUT2D eigenvalue weighted by atomic mass is 10.1. The van der Waals surface area contributed by atoms with Gasteiger partial charge in [-0.05, 0) is 19.8 Å². The molecule has 1 rings (SSSR count). The molecule has 1 heterocycles. The second-order valence-electron chi connectivity index (χ2n) is 5.46. The Labute approximate surface area is 124 Å². The van der Waals surface area contributed by atoms with Gasteiger partial charge in [0, 0.05) is 19.3 Å². The van der Waals surface area contributed by atoms with Gasteiger partial charge in [-0.3, -0.25) is 0 Å². The van der Waals surface area contributed by atoms with E-state index in [4.69, 9.17) is 0 Å². The maximum absolute atomic E-state index is 4.63. The second-order valence-corrected chi connectivity index (χ2v) is 5.46. The zero-order chi connectivity index (χ0) is 14.6. The molecule has 0 aliphatic rings. The highest BCUT2D eigenvalue weighted by Gasteiger charge is 2.05. The number of unbranched alkanes of at least 4 members (excludes halogenated alkanes) is 6. The van der Waals surface area contributed by atoms with E-state index in [9.17, 15) is 0 Å². The van der Waals surface area contributed by atoms with Crippen LogP contribution in [0.3, 0.4) is 0 Å². The van der Waals surface area contributed by atoms with E-state index in [1.807, 2.05) is 0 Å². The SMILES string of the molecule is [CH2]Cc1nc(CCCCCC)nc(CCCCCC)n1. The fourth-order valence-corrected chi connectivity index (χ4v) is 2.28. The molecule has 20 heavy (non-hydrogen) atoms. The summed E-state index contributed by atoms with van der Waals surface area (Å²) < 4.78 is 0. The van der Waals surface area contributed by atoms with Crippen LogP contribution in [-0.2, 0) is 19.3 Å². The minimum atomic E-state index is 0.659. The molecule has 0 atom stereocenters. The van der Waals surface area contributed by atoms with Crippen LogP contribution in [0.2, 0.25) is 0 Å². The molecule has 3 nitrogen and oxygen atoms in total. The van der Waals surface area contributed by atoms with Crippen LogP contribution in [0.15, 0.2) is 0 Å². The highest BCUT2D eigenvalue weighted by atomic mass is 15.0. The Kier molecular flexibility index (Phi) is 9.18. The summed E-state index contributed by atoms with van der Waals surface area (Å²) in [4.78, 5) is 13.6. The summed E-state index contributed by atoms with van der Waals surface area (Å²) in [5, 5.41) is 0. The third-order valence-electron chi connectivity index (χ3n) is 3.51. The molecule has 0 aliphatic heterocycles. The van der Waals surface area contributed by atoms with E-state index in [0.29, 0.717) is 6.42 Å². The molecule has 0 spiro atoms. The summed E-state index contributed by atoms with van der Waals surface area (Å²) in [6, 6.07) is 0. The summed E-state index contributed by atoms with van der Waals surface area (Å²) in [5.41, 5.74) is 0. The summed E-state index contributed by atoms with van der Waals surface area (Å²) in [5.74, 6) is 2.80. The molecule has 0 unspecified atom stereocenters. The standard InChI is InChI=1S/C17H30N3/c1-4-7-9-11-13-16-18-15(6-3)19-17(20-16)14-12-10-8-5-2/h3-14H2,1-2H3. The second kappa shape index (κ2) is 10.8. The number of aryl methyl sites for hydroxylation is 2. The molecular weight excluding hydrogens is 246 g/mol. The summed E-state index contributed by atoms with van der Waals surface area (Å²) >= 11 is 0. The van der Waals surface area contributed by atoms with Gasteiger partial charge in [0.25, 0.3) is 0 Å². The summed E-state index contributed by atoms with van der Waals surface area (Å²) in [6.45, 7) is 8.37. The first-order valence-corrected chi connectivity index (χ1v) is 8.32. The quantitative estimate of drug-likeness (QED) is 0.559. The first-order chi connectivity index (χ1) is 9.80. The van der Waals surface area contributed by atoms with Crippen molar-refractivity contribution in [1.29, 1.82) is 0 Å². The van der Waals surface area contributed by atoms with Gasteiger partial charge < -0.3 is 0 Å². The molecule has 0 N–H and O–H groups in total. The monoisotopic (exact) mass is 276 g/mol. The van der Waals surface area contributed by atoms with Crippen molar-refractivity contribution in [3.63, 3.8) is 0 Å². The van der Waals surface area contributed by atoms with E-state index in [1.54, 1.807) is 0 Å². The Balaban J connectivity index is 2.51. The van der Waals surface area contributed by atoms with Crippen LogP contribution in [0.25, 0.3) is 0 Å². The van der Waals surface area contributed by atoms with Gasteiger partial charge in [-0.15, -0.1) is 0 Å². The maximum atomic E-state index is 4.63. The fraction of sp³-hybridized carbons (Fsp3) is 0.765. The van der Waals surface area contributed by atoms with Crippen LogP contribution in [-0.4, -0.2) is 15.0 Å². The van der Waals surface area contributed by atoms with Crippen LogP contribution in [0, 0.1) is 6.92 Å². The van der Waals surface area contributed by atoms with E-state index in [2.05, 4.69) is 35.7 Å². The van der Waals surface area contributed by atoms with Crippen LogP contribution >= 0.6 is 0 Å².